The molecule has 0 spiro atoms. The topological polar surface area (TPSA) is 67.8 Å². The molecule has 104 valence electrons. The van der Waals surface area contributed by atoms with Gasteiger partial charge in [0, 0.05) is 0 Å². The third-order valence-corrected chi connectivity index (χ3v) is 3.24. The highest BCUT2D eigenvalue weighted by molar-refractivity contribution is 6.30. The summed E-state index contributed by atoms with van der Waals surface area (Å²) in [4.78, 5) is 16.3. The molecule has 20 heavy (non-hydrogen) atoms. The van der Waals surface area contributed by atoms with Crippen molar-refractivity contribution in [3.8, 4) is 0 Å². The Hall–Kier alpha value is -2.01. The normalized spacial score (nSPS) is 10.4. The second kappa shape index (κ2) is 5.96. The molecule has 2 aromatic rings. The Kier molecular flexibility index (Phi) is 4.29. The molecule has 0 radical (unpaired) electrons. The van der Waals surface area contributed by atoms with Crippen LogP contribution in [0.5, 0.6) is 0 Å². The van der Waals surface area contributed by atoms with Crippen molar-refractivity contribution in [3.05, 3.63) is 46.0 Å². The number of aryl methyl sites for hydroxylation is 3. The maximum absolute atomic E-state index is 12.3. The molecule has 0 fully saturated rings. The summed E-state index contributed by atoms with van der Waals surface area (Å²) in [5, 5.41) is 11.2. The number of nitrogens with zero attached hydrogens (tertiary/aromatic N) is 3. The highest BCUT2D eigenvalue weighted by atomic mass is 35.5. The van der Waals surface area contributed by atoms with Crippen LogP contribution in [0.3, 0.4) is 0 Å². The van der Waals surface area contributed by atoms with Crippen molar-refractivity contribution >= 4 is 23.2 Å². The number of pyridine rings is 1. The van der Waals surface area contributed by atoms with Gasteiger partial charge in [-0.3, -0.25) is 4.79 Å². The van der Waals surface area contributed by atoms with E-state index in [1.165, 1.54) is 6.20 Å². The van der Waals surface area contributed by atoms with E-state index in [2.05, 4.69) is 20.5 Å². The quantitative estimate of drug-likeness (QED) is 0.883. The van der Waals surface area contributed by atoms with Crippen molar-refractivity contribution in [2.75, 3.05) is 5.32 Å². The van der Waals surface area contributed by atoms with Gasteiger partial charge in [0.15, 0.2) is 0 Å². The van der Waals surface area contributed by atoms with Crippen LogP contribution in [0, 0.1) is 13.8 Å². The molecule has 1 amide bonds. The summed E-state index contributed by atoms with van der Waals surface area (Å²) in [5.41, 5.74) is 3.33. The molecule has 6 heteroatoms. The van der Waals surface area contributed by atoms with Crippen molar-refractivity contribution in [2.24, 2.45) is 0 Å². The first-order valence-corrected chi connectivity index (χ1v) is 6.65. The molecule has 0 saturated heterocycles. The van der Waals surface area contributed by atoms with Crippen molar-refractivity contribution in [1.29, 1.82) is 0 Å². The number of rotatable bonds is 3. The highest BCUT2D eigenvalue weighted by Gasteiger charge is 2.13. The fourth-order valence-corrected chi connectivity index (χ4v) is 1.90. The molecule has 1 N–H and O–H groups in total. The van der Waals surface area contributed by atoms with E-state index < -0.39 is 0 Å². The number of hydrogen-bond acceptors (Lipinski definition) is 4. The average molecular weight is 291 g/mol. The molecule has 0 aliphatic heterocycles. The van der Waals surface area contributed by atoms with Crippen molar-refractivity contribution in [2.45, 2.75) is 27.2 Å². The van der Waals surface area contributed by atoms with E-state index in [1.54, 1.807) is 19.1 Å². The van der Waals surface area contributed by atoms with E-state index >= 15 is 0 Å². The Morgan fingerprint density at radius 3 is 2.70 bits per heavy atom. The molecule has 5 nitrogen and oxygen atoms in total. The zero-order valence-corrected chi connectivity index (χ0v) is 12.3. The summed E-state index contributed by atoms with van der Waals surface area (Å²) >= 11 is 5.86. The van der Waals surface area contributed by atoms with E-state index in [0.29, 0.717) is 34.2 Å². The summed E-state index contributed by atoms with van der Waals surface area (Å²) in [6.45, 7) is 5.57. The van der Waals surface area contributed by atoms with Gasteiger partial charge in [0.2, 0.25) is 0 Å². The van der Waals surface area contributed by atoms with Gasteiger partial charge in [0.05, 0.1) is 28.8 Å². The van der Waals surface area contributed by atoms with Crippen LogP contribution < -0.4 is 5.32 Å². The Bertz CT molecular complexity index is 658. The lowest BCUT2D eigenvalue weighted by molar-refractivity contribution is 0.102. The smallest absolute Gasteiger partial charge is 0.257 e. The Morgan fingerprint density at radius 2 is 2.05 bits per heavy atom. The number of anilines is 1. The van der Waals surface area contributed by atoms with Gasteiger partial charge >= 0.3 is 0 Å². The summed E-state index contributed by atoms with van der Waals surface area (Å²) in [7, 11) is 0. The van der Waals surface area contributed by atoms with Crippen LogP contribution in [-0.4, -0.2) is 21.1 Å². The van der Waals surface area contributed by atoms with Gasteiger partial charge in [0.1, 0.15) is 5.15 Å². The average Bonchev–Trinajstić information content (AvgIpc) is 2.43. The van der Waals surface area contributed by atoms with Gasteiger partial charge in [-0.1, -0.05) is 18.5 Å². The van der Waals surface area contributed by atoms with Gasteiger partial charge in [-0.05, 0) is 38.0 Å². The van der Waals surface area contributed by atoms with Crippen molar-refractivity contribution in [3.63, 3.8) is 0 Å². The van der Waals surface area contributed by atoms with Crippen molar-refractivity contribution < 1.29 is 4.79 Å². The lowest BCUT2D eigenvalue weighted by Gasteiger charge is -2.09. The number of carbonyl (C=O) groups excluding carboxylic acids is 1. The minimum Gasteiger partial charge on any atom is -0.321 e. The summed E-state index contributed by atoms with van der Waals surface area (Å²) in [6.07, 6.45) is 2.17. The first-order chi connectivity index (χ1) is 9.51. The number of halogens is 1. The first kappa shape index (κ1) is 14.4. The molecule has 0 atom stereocenters. The minimum absolute atomic E-state index is 0.219. The van der Waals surface area contributed by atoms with Crippen LogP contribution >= 0.6 is 11.6 Å². The van der Waals surface area contributed by atoms with Gasteiger partial charge in [-0.2, -0.15) is 10.2 Å². The molecule has 0 aromatic carbocycles. The molecule has 2 heterocycles. The fraction of sp³-hybridized carbons (Fsp3) is 0.286. The summed E-state index contributed by atoms with van der Waals surface area (Å²) < 4.78 is 0. The number of aromatic nitrogens is 3. The molecule has 0 aliphatic rings. The van der Waals surface area contributed by atoms with Crippen molar-refractivity contribution in [1.82, 2.24) is 15.2 Å². The van der Waals surface area contributed by atoms with E-state index in [4.69, 9.17) is 11.6 Å². The first-order valence-electron chi connectivity index (χ1n) is 6.28. The zero-order chi connectivity index (χ0) is 14.7. The summed E-state index contributed by atoms with van der Waals surface area (Å²) in [6, 6.07) is 3.51. The Labute approximate surface area is 122 Å². The fourth-order valence-electron chi connectivity index (χ4n) is 1.80. The molecular weight excluding hydrogens is 276 g/mol. The Morgan fingerprint density at radius 1 is 1.30 bits per heavy atom. The van der Waals surface area contributed by atoms with Crippen LogP contribution in [0.25, 0.3) is 0 Å². The lowest BCUT2D eigenvalue weighted by Crippen LogP contribution is -2.16. The maximum atomic E-state index is 12.3. The lowest BCUT2D eigenvalue weighted by atomic mass is 10.1. The predicted molar refractivity (Wildman–Crippen MR) is 78.1 cm³/mol. The standard InChI is InChI=1S/C14H15ClN4O/c1-4-12-11(6-9(3)18-19-12)14(20)17-10-5-8(2)13(15)16-7-10/h5-7H,4H2,1-3H3,(H,17,20). The maximum Gasteiger partial charge on any atom is 0.257 e. The number of hydrogen-bond donors (Lipinski definition) is 1. The number of carbonyl (C=O) groups is 1. The van der Waals surface area contributed by atoms with Crippen LogP contribution in [0.15, 0.2) is 18.3 Å². The van der Waals surface area contributed by atoms with Gasteiger partial charge in [-0.25, -0.2) is 4.98 Å². The van der Waals surface area contributed by atoms with Gasteiger partial charge in [0.25, 0.3) is 5.91 Å². The molecule has 2 aromatic heterocycles. The second-order valence-electron chi connectivity index (χ2n) is 4.49. The van der Waals surface area contributed by atoms with E-state index in [0.717, 1.165) is 5.56 Å². The monoisotopic (exact) mass is 290 g/mol. The Balaban J connectivity index is 2.27. The van der Waals surface area contributed by atoms with Crippen LogP contribution in [0.1, 0.15) is 34.2 Å². The van der Waals surface area contributed by atoms with E-state index in [9.17, 15) is 4.79 Å². The number of amides is 1. The third-order valence-electron chi connectivity index (χ3n) is 2.84. The molecule has 2 rings (SSSR count). The SMILES string of the molecule is CCc1nnc(C)cc1C(=O)Nc1cnc(Cl)c(C)c1. The molecule has 0 aliphatic carbocycles. The molecule has 0 bridgehead atoms. The van der Waals surface area contributed by atoms with Crippen LogP contribution in [0.2, 0.25) is 5.15 Å². The molecule has 0 unspecified atom stereocenters. The largest absolute Gasteiger partial charge is 0.321 e. The van der Waals surface area contributed by atoms with Crippen LogP contribution in [-0.2, 0) is 6.42 Å². The van der Waals surface area contributed by atoms with Gasteiger partial charge < -0.3 is 5.32 Å². The third kappa shape index (κ3) is 3.11. The van der Waals surface area contributed by atoms with E-state index in [1.807, 2.05) is 13.8 Å². The molecule has 0 saturated carbocycles. The minimum atomic E-state index is -0.219. The van der Waals surface area contributed by atoms with E-state index in [-0.39, 0.29) is 5.91 Å². The zero-order valence-electron chi connectivity index (χ0n) is 11.6. The van der Waals surface area contributed by atoms with Crippen LogP contribution in [0.4, 0.5) is 5.69 Å². The number of nitrogens with one attached hydrogen (secondary N) is 1. The highest BCUT2D eigenvalue weighted by Crippen LogP contribution is 2.17. The predicted octanol–water partition coefficient (Wildman–Crippen LogP) is 2.96. The molecular formula is C14H15ClN4O. The second-order valence-corrected chi connectivity index (χ2v) is 4.84. The van der Waals surface area contributed by atoms with Gasteiger partial charge in [-0.15, -0.1) is 0 Å². The summed E-state index contributed by atoms with van der Waals surface area (Å²) in [5.74, 6) is -0.219.